The van der Waals surface area contributed by atoms with E-state index in [-0.39, 0.29) is 6.61 Å². The zero-order valence-corrected chi connectivity index (χ0v) is 8.85. The smallest absolute Gasteiger partial charge is 0.132 e. The van der Waals surface area contributed by atoms with Crippen molar-refractivity contribution in [2.75, 3.05) is 24.6 Å². The van der Waals surface area contributed by atoms with Gasteiger partial charge in [0.1, 0.15) is 11.6 Å². The fraction of sp³-hybridized carbons (Fsp3) is 0.455. The number of hydrogen-bond acceptors (Lipinski definition) is 4. The van der Waals surface area contributed by atoms with Crippen molar-refractivity contribution < 1.29 is 5.11 Å². The van der Waals surface area contributed by atoms with Crippen LogP contribution in [0, 0.1) is 19.3 Å². The van der Waals surface area contributed by atoms with E-state index in [1.165, 1.54) is 0 Å². The summed E-state index contributed by atoms with van der Waals surface area (Å²) in [5.41, 5.74) is 0. The van der Waals surface area contributed by atoms with E-state index in [1.807, 2.05) is 17.9 Å². The molecule has 1 aromatic rings. The molecule has 1 heterocycles. The highest BCUT2D eigenvalue weighted by molar-refractivity contribution is 5.37. The summed E-state index contributed by atoms with van der Waals surface area (Å²) in [6.45, 7) is 3.17. The normalized spacial score (nSPS) is 9.67. The summed E-state index contributed by atoms with van der Waals surface area (Å²) < 4.78 is 0. The molecule has 0 aliphatic carbocycles. The van der Waals surface area contributed by atoms with Crippen molar-refractivity contribution in [2.24, 2.45) is 0 Å². The molecular weight excluding hydrogens is 190 g/mol. The van der Waals surface area contributed by atoms with Gasteiger partial charge in [0.05, 0.1) is 6.61 Å². The van der Waals surface area contributed by atoms with Crippen LogP contribution >= 0.6 is 0 Å². The van der Waals surface area contributed by atoms with Crippen LogP contribution < -0.4 is 4.90 Å². The van der Waals surface area contributed by atoms with Gasteiger partial charge in [-0.25, -0.2) is 9.97 Å². The molecule has 0 aliphatic heterocycles. The minimum atomic E-state index is 0.0909. The summed E-state index contributed by atoms with van der Waals surface area (Å²) in [6, 6.07) is 1.82. The van der Waals surface area contributed by atoms with Crippen molar-refractivity contribution in [1.82, 2.24) is 9.97 Å². The molecule has 4 heteroatoms. The Morgan fingerprint density at radius 2 is 2.33 bits per heavy atom. The number of aromatic nitrogens is 2. The number of aryl methyl sites for hydroxylation is 1. The minimum Gasteiger partial charge on any atom is -0.395 e. The van der Waals surface area contributed by atoms with Crippen LogP contribution in [0.25, 0.3) is 0 Å². The molecule has 0 aromatic carbocycles. The van der Waals surface area contributed by atoms with Gasteiger partial charge in [0, 0.05) is 25.7 Å². The fourth-order valence-electron chi connectivity index (χ4n) is 1.28. The predicted octanol–water partition coefficient (Wildman–Crippen LogP) is 0.607. The summed E-state index contributed by atoms with van der Waals surface area (Å²) in [7, 11) is 0. The van der Waals surface area contributed by atoms with Crippen molar-refractivity contribution in [3.63, 3.8) is 0 Å². The Labute approximate surface area is 90.0 Å². The van der Waals surface area contributed by atoms with Gasteiger partial charge in [0.25, 0.3) is 0 Å². The number of hydrogen-bond donors (Lipinski definition) is 1. The van der Waals surface area contributed by atoms with E-state index in [9.17, 15) is 0 Å². The van der Waals surface area contributed by atoms with E-state index in [4.69, 9.17) is 11.5 Å². The Bertz CT molecular complexity index is 346. The largest absolute Gasteiger partial charge is 0.395 e. The molecule has 15 heavy (non-hydrogen) atoms. The summed E-state index contributed by atoms with van der Waals surface area (Å²) in [4.78, 5) is 10.3. The molecule has 0 fully saturated rings. The van der Waals surface area contributed by atoms with Gasteiger partial charge in [-0.2, -0.15) is 0 Å². The molecule has 1 rings (SSSR count). The SMILES string of the molecule is C#CCCN(CCO)c1ccnc(C)n1. The first kappa shape index (κ1) is 11.5. The van der Waals surface area contributed by atoms with Gasteiger partial charge in [-0.1, -0.05) is 0 Å². The Morgan fingerprint density at radius 1 is 1.53 bits per heavy atom. The van der Waals surface area contributed by atoms with Crippen molar-refractivity contribution in [3.05, 3.63) is 18.1 Å². The van der Waals surface area contributed by atoms with Crippen LogP contribution in [0.2, 0.25) is 0 Å². The van der Waals surface area contributed by atoms with Crippen molar-refractivity contribution in [3.8, 4) is 12.3 Å². The number of nitrogens with zero attached hydrogens (tertiary/aromatic N) is 3. The van der Waals surface area contributed by atoms with Crippen LogP contribution in [0.15, 0.2) is 12.3 Å². The third-order valence-electron chi connectivity index (χ3n) is 1.98. The average molecular weight is 205 g/mol. The van der Waals surface area contributed by atoms with Gasteiger partial charge in [0.15, 0.2) is 0 Å². The van der Waals surface area contributed by atoms with Gasteiger partial charge in [-0.15, -0.1) is 12.3 Å². The molecule has 0 saturated carbocycles. The summed E-state index contributed by atoms with van der Waals surface area (Å²) in [5, 5.41) is 8.93. The van der Waals surface area contributed by atoms with E-state index in [2.05, 4.69) is 15.9 Å². The highest BCUT2D eigenvalue weighted by Gasteiger charge is 2.06. The molecule has 0 radical (unpaired) electrons. The van der Waals surface area contributed by atoms with Gasteiger partial charge in [-0.3, -0.25) is 0 Å². The first-order valence-corrected chi connectivity index (χ1v) is 4.87. The standard InChI is InChI=1S/C11H15N3O/c1-3-4-7-14(8-9-15)11-5-6-12-10(2)13-11/h1,5-6,15H,4,7-9H2,2H3. The third-order valence-corrected chi connectivity index (χ3v) is 1.98. The lowest BCUT2D eigenvalue weighted by atomic mass is 10.3. The monoisotopic (exact) mass is 205 g/mol. The zero-order chi connectivity index (χ0) is 11.1. The fourth-order valence-corrected chi connectivity index (χ4v) is 1.28. The minimum absolute atomic E-state index is 0.0909. The second-order valence-electron chi connectivity index (χ2n) is 3.13. The lowest BCUT2D eigenvalue weighted by Gasteiger charge is -2.21. The van der Waals surface area contributed by atoms with Crippen molar-refractivity contribution in [2.45, 2.75) is 13.3 Å². The molecule has 0 amide bonds. The van der Waals surface area contributed by atoms with Crippen LogP contribution in [0.5, 0.6) is 0 Å². The maximum Gasteiger partial charge on any atom is 0.132 e. The van der Waals surface area contributed by atoms with E-state index in [1.54, 1.807) is 6.20 Å². The van der Waals surface area contributed by atoms with Gasteiger partial charge < -0.3 is 10.0 Å². The Kier molecular flexibility index (Phi) is 4.58. The Hall–Kier alpha value is -1.60. The van der Waals surface area contributed by atoms with E-state index >= 15 is 0 Å². The molecule has 0 saturated heterocycles. The topological polar surface area (TPSA) is 49.2 Å². The maximum atomic E-state index is 8.93. The molecule has 0 atom stereocenters. The van der Waals surface area contributed by atoms with Crippen LogP contribution in [-0.4, -0.2) is 34.8 Å². The molecule has 0 aliphatic rings. The van der Waals surface area contributed by atoms with Crippen molar-refractivity contribution >= 4 is 5.82 Å². The number of terminal acetylenes is 1. The third kappa shape index (κ3) is 3.56. The molecule has 80 valence electrons. The van der Waals surface area contributed by atoms with E-state index in [0.29, 0.717) is 19.5 Å². The number of rotatable bonds is 5. The molecule has 1 N–H and O–H groups in total. The molecular formula is C11H15N3O. The molecule has 0 bridgehead atoms. The highest BCUT2D eigenvalue weighted by atomic mass is 16.3. The first-order valence-electron chi connectivity index (χ1n) is 4.87. The zero-order valence-electron chi connectivity index (χ0n) is 8.85. The van der Waals surface area contributed by atoms with Crippen molar-refractivity contribution in [1.29, 1.82) is 0 Å². The maximum absolute atomic E-state index is 8.93. The van der Waals surface area contributed by atoms with Crippen LogP contribution in [-0.2, 0) is 0 Å². The second-order valence-corrected chi connectivity index (χ2v) is 3.13. The number of aliphatic hydroxyl groups is 1. The van der Waals surface area contributed by atoms with Gasteiger partial charge >= 0.3 is 0 Å². The summed E-state index contributed by atoms with van der Waals surface area (Å²) in [5.74, 6) is 4.10. The van der Waals surface area contributed by atoms with Gasteiger partial charge in [-0.05, 0) is 13.0 Å². The van der Waals surface area contributed by atoms with E-state index in [0.717, 1.165) is 11.6 Å². The highest BCUT2D eigenvalue weighted by Crippen LogP contribution is 2.09. The molecule has 0 unspecified atom stereocenters. The lowest BCUT2D eigenvalue weighted by Crippen LogP contribution is -2.28. The Balaban J connectivity index is 2.74. The van der Waals surface area contributed by atoms with Gasteiger partial charge in [0.2, 0.25) is 0 Å². The van der Waals surface area contributed by atoms with Crippen LogP contribution in [0.1, 0.15) is 12.2 Å². The predicted molar refractivity (Wildman–Crippen MR) is 59.5 cm³/mol. The molecule has 0 spiro atoms. The number of anilines is 1. The van der Waals surface area contributed by atoms with E-state index < -0.39 is 0 Å². The van der Waals surface area contributed by atoms with Crippen LogP contribution in [0.3, 0.4) is 0 Å². The van der Waals surface area contributed by atoms with Crippen LogP contribution in [0.4, 0.5) is 5.82 Å². The number of aliphatic hydroxyl groups excluding tert-OH is 1. The summed E-state index contributed by atoms with van der Waals surface area (Å²) in [6.07, 6.45) is 7.56. The first-order chi connectivity index (χ1) is 7.27. The Morgan fingerprint density at radius 3 is 2.93 bits per heavy atom. The molecule has 4 nitrogen and oxygen atoms in total. The summed E-state index contributed by atoms with van der Waals surface area (Å²) >= 11 is 0. The lowest BCUT2D eigenvalue weighted by molar-refractivity contribution is 0.301. The average Bonchev–Trinajstić information content (AvgIpc) is 2.24. The quantitative estimate of drug-likeness (QED) is 0.715. The molecule has 1 aromatic heterocycles. The second kappa shape index (κ2) is 5.99.